The molecule has 0 aromatic heterocycles. The molecule has 1 atom stereocenters. The fourth-order valence-electron chi connectivity index (χ4n) is 3.19. The summed E-state index contributed by atoms with van der Waals surface area (Å²) in [5.41, 5.74) is 0.213. The molecular formula is C23H31FN2O4S. The zero-order chi connectivity index (χ0) is 22.9. The third kappa shape index (κ3) is 6.95. The molecule has 0 radical (unpaired) electrons. The van der Waals surface area contributed by atoms with Crippen LogP contribution in [0.2, 0.25) is 0 Å². The van der Waals surface area contributed by atoms with Crippen LogP contribution < -0.4 is 14.4 Å². The monoisotopic (exact) mass is 450 g/mol. The molecule has 0 heterocycles. The molecule has 1 unspecified atom stereocenters. The van der Waals surface area contributed by atoms with Crippen LogP contribution in [0, 0.1) is 11.7 Å². The second-order valence-corrected chi connectivity index (χ2v) is 9.25. The number of sulfonamides is 1. The number of anilines is 1. The number of unbranched alkanes of at least 4 members (excludes halogenated alkanes) is 1. The van der Waals surface area contributed by atoms with Crippen molar-refractivity contribution >= 4 is 21.6 Å². The zero-order valence-corrected chi connectivity index (χ0v) is 19.1. The number of halogens is 1. The standard InChI is InChI=1S/C23H31FN2O4S/c1-4-6-7-18(5-2)16-25-23(27)17-26(20-10-8-19(24)9-11-20)31(28,29)22-14-12-21(30-3)13-15-22/h8-15,18H,4-7,16-17H2,1-3H3,(H,25,27). The molecule has 31 heavy (non-hydrogen) atoms. The van der Waals surface area contributed by atoms with Crippen LogP contribution in [0.25, 0.3) is 0 Å². The first-order chi connectivity index (χ1) is 14.8. The number of nitrogens with one attached hydrogen (secondary N) is 1. The van der Waals surface area contributed by atoms with Gasteiger partial charge < -0.3 is 10.1 Å². The first-order valence-electron chi connectivity index (χ1n) is 10.5. The molecule has 1 amide bonds. The number of hydrogen-bond acceptors (Lipinski definition) is 4. The maximum absolute atomic E-state index is 13.4. The van der Waals surface area contributed by atoms with E-state index < -0.39 is 28.3 Å². The lowest BCUT2D eigenvalue weighted by atomic mass is 9.99. The Morgan fingerprint density at radius 3 is 2.29 bits per heavy atom. The van der Waals surface area contributed by atoms with Crippen molar-refractivity contribution in [2.75, 3.05) is 24.5 Å². The van der Waals surface area contributed by atoms with Crippen LogP contribution in [0.4, 0.5) is 10.1 Å². The van der Waals surface area contributed by atoms with Crippen LogP contribution in [0.15, 0.2) is 53.4 Å². The molecule has 170 valence electrons. The van der Waals surface area contributed by atoms with Crippen molar-refractivity contribution < 1.29 is 22.3 Å². The van der Waals surface area contributed by atoms with Crippen molar-refractivity contribution in [3.63, 3.8) is 0 Å². The third-order valence-electron chi connectivity index (χ3n) is 5.18. The van der Waals surface area contributed by atoms with Crippen LogP contribution in [0.1, 0.15) is 39.5 Å². The predicted octanol–water partition coefficient (Wildman–Crippen LogP) is 4.36. The lowest BCUT2D eigenvalue weighted by Gasteiger charge is -2.25. The van der Waals surface area contributed by atoms with E-state index in [9.17, 15) is 17.6 Å². The quantitative estimate of drug-likeness (QED) is 0.521. The van der Waals surface area contributed by atoms with Gasteiger partial charge in [0.05, 0.1) is 17.7 Å². The van der Waals surface area contributed by atoms with Crippen molar-refractivity contribution in [2.24, 2.45) is 5.92 Å². The predicted molar refractivity (Wildman–Crippen MR) is 120 cm³/mol. The van der Waals surface area contributed by atoms with Crippen molar-refractivity contribution in [3.05, 3.63) is 54.3 Å². The number of hydrogen-bond donors (Lipinski definition) is 1. The Balaban J connectivity index is 2.24. The lowest BCUT2D eigenvalue weighted by Crippen LogP contribution is -2.42. The van der Waals surface area contributed by atoms with Gasteiger partial charge >= 0.3 is 0 Å². The summed E-state index contributed by atoms with van der Waals surface area (Å²) in [6, 6.07) is 10.9. The summed E-state index contributed by atoms with van der Waals surface area (Å²) in [6.45, 7) is 4.29. The number of rotatable bonds is 12. The summed E-state index contributed by atoms with van der Waals surface area (Å²) in [5, 5.41) is 2.86. The fraction of sp³-hybridized carbons (Fsp3) is 0.435. The highest BCUT2D eigenvalue weighted by Gasteiger charge is 2.27. The molecule has 0 bridgehead atoms. The third-order valence-corrected chi connectivity index (χ3v) is 6.97. The van der Waals surface area contributed by atoms with Gasteiger partial charge in [0.15, 0.2) is 0 Å². The van der Waals surface area contributed by atoms with E-state index in [0.717, 1.165) is 30.0 Å². The summed E-state index contributed by atoms with van der Waals surface area (Å²) in [7, 11) is -2.56. The molecule has 2 rings (SSSR count). The SMILES string of the molecule is CCCCC(CC)CNC(=O)CN(c1ccc(F)cc1)S(=O)(=O)c1ccc(OC)cc1. The zero-order valence-electron chi connectivity index (χ0n) is 18.3. The van der Waals surface area contributed by atoms with Crippen LogP contribution in [0.5, 0.6) is 5.75 Å². The molecule has 0 spiro atoms. The molecule has 8 heteroatoms. The van der Waals surface area contributed by atoms with Crippen molar-refractivity contribution in [1.29, 1.82) is 0 Å². The molecule has 0 aliphatic heterocycles. The molecule has 1 N–H and O–H groups in total. The number of ether oxygens (including phenoxy) is 1. The Morgan fingerprint density at radius 1 is 1.10 bits per heavy atom. The minimum Gasteiger partial charge on any atom is -0.497 e. The molecule has 6 nitrogen and oxygen atoms in total. The van der Waals surface area contributed by atoms with E-state index in [4.69, 9.17) is 4.74 Å². The van der Waals surface area contributed by atoms with Gasteiger partial charge in [-0.3, -0.25) is 9.10 Å². The topological polar surface area (TPSA) is 75.7 Å². The molecule has 0 fully saturated rings. The Morgan fingerprint density at radius 2 is 1.74 bits per heavy atom. The normalized spacial score (nSPS) is 12.3. The summed E-state index contributed by atoms with van der Waals surface area (Å²) < 4.78 is 46.1. The van der Waals surface area contributed by atoms with E-state index >= 15 is 0 Å². The highest BCUT2D eigenvalue weighted by atomic mass is 32.2. The van der Waals surface area contributed by atoms with Crippen molar-refractivity contribution in [1.82, 2.24) is 5.32 Å². The summed E-state index contributed by atoms with van der Waals surface area (Å²) in [6.07, 6.45) is 4.12. The number of benzene rings is 2. The van der Waals surface area contributed by atoms with Gasteiger partial charge in [-0.15, -0.1) is 0 Å². The second kappa shape index (κ2) is 11.7. The van der Waals surface area contributed by atoms with Gasteiger partial charge in [-0.1, -0.05) is 33.1 Å². The maximum atomic E-state index is 13.4. The number of amides is 1. The first-order valence-corrected chi connectivity index (χ1v) is 11.9. The van der Waals surface area contributed by atoms with Gasteiger partial charge in [0, 0.05) is 6.54 Å². The first kappa shape index (κ1) is 24.7. The van der Waals surface area contributed by atoms with E-state index in [1.54, 1.807) is 0 Å². The van der Waals surface area contributed by atoms with E-state index in [1.807, 2.05) is 0 Å². The number of carbonyl (C=O) groups excluding carboxylic acids is 1. The van der Waals surface area contributed by atoms with Gasteiger partial charge in [0.25, 0.3) is 10.0 Å². The van der Waals surface area contributed by atoms with Crippen molar-refractivity contribution in [3.8, 4) is 5.75 Å². The average Bonchev–Trinajstić information content (AvgIpc) is 2.78. The highest BCUT2D eigenvalue weighted by molar-refractivity contribution is 7.92. The molecule has 2 aromatic carbocycles. The Bertz CT molecular complexity index is 931. The Hall–Kier alpha value is -2.61. The maximum Gasteiger partial charge on any atom is 0.264 e. The second-order valence-electron chi connectivity index (χ2n) is 7.38. The van der Waals surface area contributed by atoms with Gasteiger partial charge in [0.2, 0.25) is 5.91 Å². The number of nitrogens with zero attached hydrogens (tertiary/aromatic N) is 1. The summed E-state index contributed by atoms with van der Waals surface area (Å²) >= 11 is 0. The molecular weight excluding hydrogens is 419 g/mol. The van der Waals surface area contributed by atoms with Crippen molar-refractivity contribution in [2.45, 2.75) is 44.4 Å². The number of carbonyl (C=O) groups is 1. The molecule has 0 aliphatic rings. The van der Waals surface area contributed by atoms with Crippen LogP contribution >= 0.6 is 0 Å². The smallest absolute Gasteiger partial charge is 0.264 e. The molecule has 0 saturated heterocycles. The summed E-state index contributed by atoms with van der Waals surface area (Å²) in [5.74, 6) is -0.0304. The van der Waals surface area contributed by atoms with Gasteiger partial charge in [-0.25, -0.2) is 12.8 Å². The van der Waals surface area contributed by atoms with Crippen LogP contribution in [-0.2, 0) is 14.8 Å². The lowest BCUT2D eigenvalue weighted by molar-refractivity contribution is -0.119. The number of methoxy groups -OCH3 is 1. The van der Waals surface area contributed by atoms with E-state index in [2.05, 4.69) is 19.2 Å². The van der Waals surface area contributed by atoms with Gasteiger partial charge in [-0.05, 0) is 60.9 Å². The summed E-state index contributed by atoms with van der Waals surface area (Å²) in [4.78, 5) is 12.7. The highest BCUT2D eigenvalue weighted by Crippen LogP contribution is 2.25. The minimum atomic E-state index is -4.05. The van der Waals surface area contributed by atoms with Gasteiger partial charge in [-0.2, -0.15) is 0 Å². The van der Waals surface area contributed by atoms with E-state index in [1.165, 1.54) is 55.6 Å². The Kier molecular flexibility index (Phi) is 9.30. The minimum absolute atomic E-state index is 0.0137. The Labute approximate surface area is 184 Å². The van der Waals surface area contributed by atoms with Crippen LogP contribution in [-0.4, -0.2) is 34.5 Å². The molecule has 0 saturated carbocycles. The molecule has 0 aliphatic carbocycles. The average molecular weight is 451 g/mol. The molecule has 2 aromatic rings. The van der Waals surface area contributed by atoms with E-state index in [0.29, 0.717) is 18.2 Å². The van der Waals surface area contributed by atoms with E-state index in [-0.39, 0.29) is 10.6 Å². The van der Waals surface area contributed by atoms with Gasteiger partial charge in [0.1, 0.15) is 18.1 Å². The van der Waals surface area contributed by atoms with Crippen LogP contribution in [0.3, 0.4) is 0 Å². The fourth-order valence-corrected chi connectivity index (χ4v) is 4.61. The largest absolute Gasteiger partial charge is 0.497 e.